The number of aromatic nitrogens is 2. The Bertz CT molecular complexity index is 878. The molecule has 1 amide bonds. The molecule has 0 N–H and O–H groups in total. The standard InChI is InChI=1S/C18H19F3N4O2/c1-23-13-8-12(2-3-14(13)27-7-4-17(23)26)10-24-5-6-25-15(18(19,20)21)9-22-16(25)11-24/h2-3,8-9H,4-7,10-11H2,1H3. The first-order chi connectivity index (χ1) is 12.8. The number of fused-ring (bicyclic) bond motifs is 2. The third kappa shape index (κ3) is 3.39. The van der Waals surface area contributed by atoms with Crippen LogP contribution < -0.4 is 9.64 Å². The van der Waals surface area contributed by atoms with Crippen molar-refractivity contribution >= 4 is 11.6 Å². The van der Waals surface area contributed by atoms with Crippen molar-refractivity contribution in [3.05, 3.63) is 41.5 Å². The van der Waals surface area contributed by atoms with Crippen LogP contribution in [0.3, 0.4) is 0 Å². The molecule has 1 aromatic carbocycles. The smallest absolute Gasteiger partial charge is 0.433 e. The van der Waals surface area contributed by atoms with Crippen LogP contribution in [0, 0.1) is 0 Å². The van der Waals surface area contributed by atoms with Crippen LogP contribution in [0.2, 0.25) is 0 Å². The van der Waals surface area contributed by atoms with Crippen LogP contribution in [-0.2, 0) is 30.6 Å². The van der Waals surface area contributed by atoms with Gasteiger partial charge in [0.05, 0.1) is 31.5 Å². The lowest BCUT2D eigenvalue weighted by molar-refractivity contribution is -0.144. The molecule has 0 fully saturated rings. The van der Waals surface area contributed by atoms with Crippen LogP contribution in [0.4, 0.5) is 18.9 Å². The number of hydrogen-bond acceptors (Lipinski definition) is 4. The molecule has 0 unspecified atom stereocenters. The van der Waals surface area contributed by atoms with Crippen molar-refractivity contribution in [2.75, 3.05) is 25.1 Å². The van der Waals surface area contributed by atoms with E-state index in [1.165, 1.54) is 4.57 Å². The number of nitrogens with zero attached hydrogens (tertiary/aromatic N) is 4. The van der Waals surface area contributed by atoms with Crippen molar-refractivity contribution in [2.45, 2.75) is 32.2 Å². The number of benzene rings is 1. The summed E-state index contributed by atoms with van der Waals surface area (Å²) in [5.74, 6) is 1.07. The summed E-state index contributed by atoms with van der Waals surface area (Å²) in [5.41, 5.74) is 0.988. The van der Waals surface area contributed by atoms with Gasteiger partial charge in [-0.25, -0.2) is 4.98 Å². The van der Waals surface area contributed by atoms with Gasteiger partial charge in [0.1, 0.15) is 17.3 Å². The third-order valence-electron chi connectivity index (χ3n) is 4.97. The van der Waals surface area contributed by atoms with Crippen LogP contribution in [0.15, 0.2) is 24.4 Å². The maximum absolute atomic E-state index is 13.0. The number of hydrogen-bond donors (Lipinski definition) is 0. The molecule has 0 saturated heterocycles. The SMILES string of the molecule is CN1C(=O)CCOc2ccc(CN3CCn4c(C(F)(F)F)cnc4C3)cc21. The molecule has 1 aromatic heterocycles. The third-order valence-corrected chi connectivity index (χ3v) is 4.97. The summed E-state index contributed by atoms with van der Waals surface area (Å²) in [6.45, 7) is 2.00. The predicted octanol–water partition coefficient (Wildman–Crippen LogP) is 2.66. The zero-order chi connectivity index (χ0) is 19.2. The number of imidazole rings is 1. The van der Waals surface area contributed by atoms with Crippen LogP contribution >= 0.6 is 0 Å². The average molecular weight is 380 g/mol. The minimum atomic E-state index is -4.39. The van der Waals surface area contributed by atoms with Gasteiger partial charge in [0, 0.05) is 26.7 Å². The van der Waals surface area contributed by atoms with Crippen molar-refractivity contribution in [1.29, 1.82) is 0 Å². The van der Waals surface area contributed by atoms with Gasteiger partial charge in [0.2, 0.25) is 5.91 Å². The van der Waals surface area contributed by atoms with Gasteiger partial charge in [-0.3, -0.25) is 9.69 Å². The molecule has 0 saturated carbocycles. The Balaban J connectivity index is 1.52. The van der Waals surface area contributed by atoms with Crippen molar-refractivity contribution in [2.24, 2.45) is 0 Å². The number of carbonyl (C=O) groups is 1. The molecule has 6 nitrogen and oxygen atoms in total. The predicted molar refractivity (Wildman–Crippen MR) is 91.3 cm³/mol. The van der Waals surface area contributed by atoms with E-state index in [1.807, 2.05) is 23.1 Å². The van der Waals surface area contributed by atoms with Crippen LogP contribution in [0.1, 0.15) is 23.5 Å². The minimum absolute atomic E-state index is 0.00872. The van der Waals surface area contributed by atoms with Crippen LogP contribution in [0.5, 0.6) is 5.75 Å². The van der Waals surface area contributed by atoms with Gasteiger partial charge >= 0.3 is 6.18 Å². The Morgan fingerprint density at radius 2 is 2.07 bits per heavy atom. The average Bonchev–Trinajstić information content (AvgIpc) is 2.99. The summed E-state index contributed by atoms with van der Waals surface area (Å²) in [6.07, 6.45) is -3.16. The number of rotatable bonds is 2. The van der Waals surface area contributed by atoms with Gasteiger partial charge < -0.3 is 14.2 Å². The molecule has 0 spiro atoms. The second kappa shape index (κ2) is 6.56. The number of alkyl halides is 3. The molecule has 4 rings (SSSR count). The van der Waals surface area contributed by atoms with Crippen molar-refractivity contribution in [3.63, 3.8) is 0 Å². The first kappa shape index (κ1) is 17.8. The molecule has 2 aromatic rings. The number of ether oxygens (including phenoxy) is 1. The number of anilines is 1. The van der Waals surface area contributed by atoms with Crippen molar-refractivity contribution < 1.29 is 22.7 Å². The number of halogens is 3. The molecule has 2 aliphatic rings. The van der Waals surface area contributed by atoms with E-state index >= 15 is 0 Å². The van der Waals surface area contributed by atoms with Gasteiger partial charge in [0.15, 0.2) is 0 Å². The summed E-state index contributed by atoms with van der Waals surface area (Å²) in [7, 11) is 1.72. The highest BCUT2D eigenvalue weighted by Gasteiger charge is 2.37. The van der Waals surface area contributed by atoms with Crippen molar-refractivity contribution in [3.8, 4) is 5.75 Å². The lowest BCUT2D eigenvalue weighted by atomic mass is 10.1. The molecule has 3 heterocycles. The highest BCUT2D eigenvalue weighted by atomic mass is 19.4. The Kier molecular flexibility index (Phi) is 4.33. The Labute approximate surface area is 154 Å². The van der Waals surface area contributed by atoms with E-state index in [2.05, 4.69) is 4.98 Å². The fourth-order valence-corrected chi connectivity index (χ4v) is 3.53. The molecular weight excluding hydrogens is 361 g/mol. The first-order valence-electron chi connectivity index (χ1n) is 8.69. The molecule has 0 atom stereocenters. The Morgan fingerprint density at radius 1 is 1.26 bits per heavy atom. The molecule has 27 heavy (non-hydrogen) atoms. The van der Waals surface area contributed by atoms with Gasteiger partial charge in [-0.05, 0) is 17.7 Å². The van der Waals surface area contributed by atoms with Crippen LogP contribution in [-0.4, -0.2) is 40.6 Å². The minimum Gasteiger partial charge on any atom is -0.491 e. The second-order valence-corrected chi connectivity index (χ2v) is 6.77. The van der Waals surface area contributed by atoms with E-state index < -0.39 is 11.9 Å². The Hall–Kier alpha value is -2.55. The number of carbonyl (C=O) groups excluding carboxylic acids is 1. The lowest BCUT2D eigenvalue weighted by Gasteiger charge is -2.29. The molecule has 0 aliphatic carbocycles. The molecule has 144 valence electrons. The van der Waals surface area contributed by atoms with E-state index in [0.717, 1.165) is 11.8 Å². The molecule has 9 heteroatoms. The van der Waals surface area contributed by atoms with E-state index in [-0.39, 0.29) is 12.5 Å². The molecular formula is C18H19F3N4O2. The Morgan fingerprint density at radius 3 is 2.85 bits per heavy atom. The highest BCUT2D eigenvalue weighted by Crippen LogP contribution is 2.33. The molecule has 0 radical (unpaired) electrons. The zero-order valence-corrected chi connectivity index (χ0v) is 14.8. The fourth-order valence-electron chi connectivity index (χ4n) is 3.53. The topological polar surface area (TPSA) is 50.6 Å². The summed E-state index contributed by atoms with van der Waals surface area (Å²) in [4.78, 5) is 19.6. The van der Waals surface area contributed by atoms with E-state index in [4.69, 9.17) is 4.74 Å². The molecule has 0 bridgehead atoms. The quantitative estimate of drug-likeness (QED) is 0.804. The highest BCUT2D eigenvalue weighted by molar-refractivity contribution is 5.95. The van der Waals surface area contributed by atoms with Gasteiger partial charge in [0.25, 0.3) is 0 Å². The van der Waals surface area contributed by atoms with Crippen LogP contribution in [0.25, 0.3) is 0 Å². The summed E-state index contributed by atoms with van der Waals surface area (Å²) >= 11 is 0. The molecule has 2 aliphatic heterocycles. The first-order valence-corrected chi connectivity index (χ1v) is 8.69. The maximum atomic E-state index is 13.0. The largest absolute Gasteiger partial charge is 0.491 e. The van der Waals surface area contributed by atoms with E-state index in [1.54, 1.807) is 11.9 Å². The zero-order valence-electron chi connectivity index (χ0n) is 14.8. The van der Waals surface area contributed by atoms with Crippen molar-refractivity contribution in [1.82, 2.24) is 14.5 Å². The normalized spacial score (nSPS) is 17.9. The summed E-state index contributed by atoms with van der Waals surface area (Å²) in [5, 5.41) is 0. The summed E-state index contributed by atoms with van der Waals surface area (Å²) in [6, 6.07) is 5.66. The second-order valence-electron chi connectivity index (χ2n) is 6.77. The van der Waals surface area contributed by atoms with Gasteiger partial charge in [-0.15, -0.1) is 0 Å². The van der Waals surface area contributed by atoms with E-state index in [0.29, 0.717) is 49.9 Å². The maximum Gasteiger partial charge on any atom is 0.433 e. The summed E-state index contributed by atoms with van der Waals surface area (Å²) < 4.78 is 45.9. The number of amides is 1. The van der Waals surface area contributed by atoms with Gasteiger partial charge in [-0.2, -0.15) is 13.2 Å². The monoisotopic (exact) mass is 380 g/mol. The fraction of sp³-hybridized carbons (Fsp3) is 0.444. The van der Waals surface area contributed by atoms with E-state index in [9.17, 15) is 18.0 Å². The lowest BCUT2D eigenvalue weighted by Crippen LogP contribution is -2.35. The van der Waals surface area contributed by atoms with Gasteiger partial charge in [-0.1, -0.05) is 6.07 Å².